The molecule has 2 rings (SSSR count). The zero-order valence-electron chi connectivity index (χ0n) is 9.34. The van der Waals surface area contributed by atoms with Crippen molar-refractivity contribution in [2.45, 2.75) is 6.61 Å². The highest BCUT2D eigenvalue weighted by atomic mass is 35.5. The third kappa shape index (κ3) is 2.99. The van der Waals surface area contributed by atoms with Gasteiger partial charge in [-0.15, -0.1) is 0 Å². The third-order valence-electron chi connectivity index (χ3n) is 2.30. The van der Waals surface area contributed by atoms with E-state index in [-0.39, 0.29) is 12.2 Å². The molecule has 0 bridgehead atoms. The smallest absolute Gasteiger partial charge is 0.339 e. The molecule has 0 unspecified atom stereocenters. The summed E-state index contributed by atoms with van der Waals surface area (Å²) in [6.45, 7) is 0.245. The van der Waals surface area contributed by atoms with E-state index in [4.69, 9.17) is 21.4 Å². The molecule has 0 aliphatic rings. The molecule has 0 radical (unpaired) electrons. The van der Waals surface area contributed by atoms with Gasteiger partial charge in [0.15, 0.2) is 0 Å². The molecule has 0 spiro atoms. The van der Waals surface area contributed by atoms with Crippen molar-refractivity contribution in [2.24, 2.45) is 0 Å². The number of aromatic carboxylic acids is 1. The van der Waals surface area contributed by atoms with Crippen LogP contribution in [0.3, 0.4) is 0 Å². The van der Waals surface area contributed by atoms with E-state index in [1.165, 1.54) is 6.07 Å². The monoisotopic (exact) mass is 263 g/mol. The highest BCUT2D eigenvalue weighted by Gasteiger charge is 2.09. The van der Waals surface area contributed by atoms with E-state index in [9.17, 15) is 4.79 Å². The minimum absolute atomic E-state index is 0.138. The fourth-order valence-corrected chi connectivity index (χ4v) is 1.53. The summed E-state index contributed by atoms with van der Waals surface area (Å²) in [6.07, 6.45) is 1.59. The van der Waals surface area contributed by atoms with Gasteiger partial charge >= 0.3 is 5.97 Å². The van der Waals surface area contributed by atoms with Crippen LogP contribution < -0.4 is 4.74 Å². The zero-order chi connectivity index (χ0) is 13.0. The first-order valence-electron chi connectivity index (χ1n) is 5.22. The maximum atomic E-state index is 11.0. The second kappa shape index (κ2) is 5.51. The highest BCUT2D eigenvalue weighted by molar-refractivity contribution is 6.29. The Hall–Kier alpha value is -2.07. The number of carboxylic acid groups (broad SMARTS) is 1. The molecule has 1 aromatic heterocycles. The van der Waals surface area contributed by atoms with Gasteiger partial charge in [0.2, 0.25) is 0 Å². The summed E-state index contributed by atoms with van der Waals surface area (Å²) in [4.78, 5) is 14.9. The van der Waals surface area contributed by atoms with Gasteiger partial charge in [-0.2, -0.15) is 0 Å². The molecule has 18 heavy (non-hydrogen) atoms. The Morgan fingerprint density at radius 1 is 1.28 bits per heavy atom. The number of nitrogens with zero attached hydrogens (tertiary/aromatic N) is 1. The van der Waals surface area contributed by atoms with Gasteiger partial charge in [0.25, 0.3) is 0 Å². The minimum atomic E-state index is -1.01. The Balaban J connectivity index is 2.10. The van der Waals surface area contributed by atoms with Crippen molar-refractivity contribution >= 4 is 17.6 Å². The normalized spacial score (nSPS) is 10.1. The fourth-order valence-electron chi connectivity index (χ4n) is 1.42. The molecule has 1 heterocycles. The number of pyridine rings is 1. The molecule has 0 atom stereocenters. The number of halogens is 1. The van der Waals surface area contributed by atoms with E-state index in [0.717, 1.165) is 5.56 Å². The Bertz CT molecular complexity index is 554. The summed E-state index contributed by atoms with van der Waals surface area (Å²) < 4.78 is 5.46. The van der Waals surface area contributed by atoms with Gasteiger partial charge in [-0.25, -0.2) is 9.78 Å². The Labute approximate surface area is 109 Å². The van der Waals surface area contributed by atoms with Gasteiger partial charge in [-0.05, 0) is 18.2 Å². The molecule has 0 aliphatic carbocycles. The number of rotatable bonds is 4. The maximum absolute atomic E-state index is 11.0. The number of aromatic nitrogens is 1. The second-order valence-corrected chi connectivity index (χ2v) is 3.97. The van der Waals surface area contributed by atoms with Crippen molar-refractivity contribution in [1.29, 1.82) is 0 Å². The molecule has 5 heteroatoms. The van der Waals surface area contributed by atoms with Crippen LogP contribution in [0.5, 0.6) is 5.75 Å². The Kier molecular flexibility index (Phi) is 3.79. The minimum Gasteiger partial charge on any atom is -0.488 e. The molecule has 0 saturated heterocycles. The number of carboxylic acids is 1. The molecule has 4 nitrogen and oxygen atoms in total. The molecule has 0 fully saturated rings. The lowest BCUT2D eigenvalue weighted by atomic mass is 10.2. The van der Waals surface area contributed by atoms with Crippen LogP contribution in [0.2, 0.25) is 5.15 Å². The number of hydrogen-bond donors (Lipinski definition) is 1. The third-order valence-corrected chi connectivity index (χ3v) is 2.52. The van der Waals surface area contributed by atoms with Crippen LogP contribution in [0, 0.1) is 0 Å². The molecule has 0 aliphatic heterocycles. The van der Waals surface area contributed by atoms with Crippen LogP contribution in [-0.2, 0) is 6.61 Å². The predicted octanol–water partition coefficient (Wildman–Crippen LogP) is 3.01. The summed E-state index contributed by atoms with van der Waals surface area (Å²) in [5, 5.41) is 9.40. The van der Waals surface area contributed by atoms with Crippen molar-refractivity contribution in [3.63, 3.8) is 0 Å². The molecule has 1 N–H and O–H groups in total. The van der Waals surface area contributed by atoms with E-state index >= 15 is 0 Å². The molecular weight excluding hydrogens is 254 g/mol. The molecule has 1 aromatic carbocycles. The number of ether oxygens (including phenoxy) is 1. The lowest BCUT2D eigenvalue weighted by Crippen LogP contribution is -2.03. The SMILES string of the molecule is O=C(O)c1ccccc1OCc1ccc(Cl)nc1. The van der Waals surface area contributed by atoms with Crippen LogP contribution in [0.1, 0.15) is 15.9 Å². The fraction of sp³-hybridized carbons (Fsp3) is 0.0769. The highest BCUT2D eigenvalue weighted by Crippen LogP contribution is 2.19. The van der Waals surface area contributed by atoms with Crippen molar-refractivity contribution in [3.8, 4) is 5.75 Å². The summed E-state index contributed by atoms with van der Waals surface area (Å²) in [5.74, 6) is -0.681. The van der Waals surface area contributed by atoms with Gasteiger partial charge in [0, 0.05) is 11.8 Å². The van der Waals surface area contributed by atoms with Gasteiger partial charge in [-0.3, -0.25) is 0 Å². The average Bonchev–Trinajstić information content (AvgIpc) is 2.38. The largest absolute Gasteiger partial charge is 0.488 e. The summed E-state index contributed by atoms with van der Waals surface area (Å²) in [7, 11) is 0. The van der Waals surface area contributed by atoms with Crippen molar-refractivity contribution in [1.82, 2.24) is 4.98 Å². The number of benzene rings is 1. The van der Waals surface area contributed by atoms with E-state index in [1.54, 1.807) is 36.5 Å². The Morgan fingerprint density at radius 2 is 2.06 bits per heavy atom. The predicted molar refractivity (Wildman–Crippen MR) is 67.0 cm³/mol. The summed E-state index contributed by atoms with van der Waals surface area (Å²) >= 11 is 5.67. The van der Waals surface area contributed by atoms with Gasteiger partial charge < -0.3 is 9.84 Å². The van der Waals surface area contributed by atoms with Crippen molar-refractivity contribution in [2.75, 3.05) is 0 Å². The van der Waals surface area contributed by atoms with E-state index in [0.29, 0.717) is 10.9 Å². The summed E-state index contributed by atoms with van der Waals surface area (Å²) in [6, 6.07) is 9.93. The first-order valence-corrected chi connectivity index (χ1v) is 5.60. The van der Waals surface area contributed by atoms with E-state index in [1.807, 2.05) is 0 Å². The number of carbonyl (C=O) groups is 1. The summed E-state index contributed by atoms with van der Waals surface area (Å²) in [5.41, 5.74) is 0.957. The standard InChI is InChI=1S/C13H10ClNO3/c14-12-6-5-9(7-15-12)8-18-11-4-2-1-3-10(11)13(16)17/h1-7H,8H2,(H,16,17). The molecule has 2 aromatic rings. The first-order chi connectivity index (χ1) is 8.66. The van der Waals surface area contributed by atoms with Crippen LogP contribution in [0.15, 0.2) is 42.6 Å². The average molecular weight is 264 g/mol. The zero-order valence-corrected chi connectivity index (χ0v) is 10.1. The van der Waals surface area contributed by atoms with E-state index < -0.39 is 5.97 Å². The van der Waals surface area contributed by atoms with Gasteiger partial charge in [0.1, 0.15) is 23.1 Å². The Morgan fingerprint density at radius 3 is 2.72 bits per heavy atom. The number of hydrogen-bond acceptors (Lipinski definition) is 3. The quantitative estimate of drug-likeness (QED) is 0.862. The van der Waals surface area contributed by atoms with Gasteiger partial charge in [0.05, 0.1) is 0 Å². The van der Waals surface area contributed by atoms with Crippen LogP contribution in [0.4, 0.5) is 0 Å². The molecule has 0 saturated carbocycles. The van der Waals surface area contributed by atoms with E-state index in [2.05, 4.69) is 4.98 Å². The van der Waals surface area contributed by atoms with Gasteiger partial charge in [-0.1, -0.05) is 29.8 Å². The molecular formula is C13H10ClNO3. The van der Waals surface area contributed by atoms with Crippen molar-refractivity contribution < 1.29 is 14.6 Å². The van der Waals surface area contributed by atoms with Crippen molar-refractivity contribution in [3.05, 3.63) is 58.9 Å². The maximum Gasteiger partial charge on any atom is 0.339 e. The second-order valence-electron chi connectivity index (χ2n) is 3.58. The lowest BCUT2D eigenvalue weighted by molar-refractivity contribution is 0.0692. The van der Waals surface area contributed by atoms with Crippen LogP contribution in [0.25, 0.3) is 0 Å². The van der Waals surface area contributed by atoms with Crippen LogP contribution in [-0.4, -0.2) is 16.1 Å². The topological polar surface area (TPSA) is 59.4 Å². The lowest BCUT2D eigenvalue weighted by Gasteiger charge is -2.08. The van der Waals surface area contributed by atoms with Crippen LogP contribution >= 0.6 is 11.6 Å². The molecule has 92 valence electrons. The first kappa shape index (κ1) is 12.4. The molecule has 0 amide bonds. The number of para-hydroxylation sites is 1.